The predicted molar refractivity (Wildman–Crippen MR) is 69.2 cm³/mol. The van der Waals surface area contributed by atoms with Crippen molar-refractivity contribution in [2.75, 3.05) is 0 Å². The summed E-state index contributed by atoms with van der Waals surface area (Å²) in [4.78, 5) is 10.3. The molecule has 0 spiro atoms. The minimum atomic E-state index is -0.662. The lowest BCUT2D eigenvalue weighted by Crippen LogP contribution is -2.07. The van der Waals surface area contributed by atoms with Gasteiger partial charge < -0.3 is 5.73 Å². The first-order chi connectivity index (χ1) is 9.02. The summed E-state index contributed by atoms with van der Waals surface area (Å²) in [6.07, 6.45) is 0.695. The van der Waals surface area contributed by atoms with Crippen LogP contribution in [0, 0.1) is 15.9 Å². The molecule has 0 aliphatic carbocycles. The van der Waals surface area contributed by atoms with Gasteiger partial charge in [0.15, 0.2) is 5.01 Å². The molecule has 0 aliphatic heterocycles. The van der Waals surface area contributed by atoms with Gasteiger partial charge in [-0.15, -0.1) is 10.2 Å². The quantitative estimate of drug-likeness (QED) is 0.687. The lowest BCUT2D eigenvalue weighted by Gasteiger charge is -2.01. The fourth-order valence-corrected chi connectivity index (χ4v) is 2.47. The maximum absolute atomic E-state index is 13.1. The molecule has 1 aromatic heterocycles. The van der Waals surface area contributed by atoms with Gasteiger partial charge in [0.2, 0.25) is 0 Å². The number of aromatic nitrogens is 2. The Hall–Kier alpha value is -1.93. The molecule has 0 aliphatic rings. The van der Waals surface area contributed by atoms with Crippen LogP contribution in [-0.4, -0.2) is 15.1 Å². The van der Waals surface area contributed by atoms with Gasteiger partial charge in [-0.1, -0.05) is 18.3 Å². The molecule has 0 fully saturated rings. The third-order valence-corrected chi connectivity index (χ3v) is 3.67. The Labute approximate surface area is 112 Å². The van der Waals surface area contributed by atoms with Crippen molar-refractivity contribution in [3.63, 3.8) is 0 Å². The number of nitrogens with zero attached hydrogens (tertiary/aromatic N) is 3. The van der Waals surface area contributed by atoms with Crippen LogP contribution in [0.5, 0.6) is 0 Å². The highest BCUT2D eigenvalue weighted by molar-refractivity contribution is 7.14. The third-order valence-electron chi connectivity index (χ3n) is 2.58. The van der Waals surface area contributed by atoms with Gasteiger partial charge in [0.05, 0.1) is 22.6 Å². The molecule has 0 amide bonds. The standard InChI is InChI=1S/C11H11FN4O2S/c1-2-8(13)11-15-14-10(19-11)7-4-3-6(12)5-9(7)16(17)18/h3-5,8H,2,13H2,1H3. The summed E-state index contributed by atoms with van der Waals surface area (Å²) in [5, 5.41) is 19.7. The molecule has 0 radical (unpaired) electrons. The van der Waals surface area contributed by atoms with Crippen molar-refractivity contribution in [3.05, 3.63) is 39.1 Å². The number of nitro groups is 1. The van der Waals surface area contributed by atoms with Crippen LogP contribution in [0.4, 0.5) is 10.1 Å². The number of halogens is 1. The van der Waals surface area contributed by atoms with Gasteiger partial charge in [0, 0.05) is 0 Å². The Kier molecular flexibility index (Phi) is 3.82. The van der Waals surface area contributed by atoms with Crippen molar-refractivity contribution in [1.82, 2.24) is 10.2 Å². The zero-order valence-corrected chi connectivity index (χ0v) is 10.9. The van der Waals surface area contributed by atoms with Gasteiger partial charge >= 0.3 is 0 Å². The first kappa shape index (κ1) is 13.5. The zero-order valence-electron chi connectivity index (χ0n) is 10.0. The molecule has 0 saturated heterocycles. The molecule has 0 saturated carbocycles. The van der Waals surface area contributed by atoms with Crippen LogP contribution < -0.4 is 5.73 Å². The average Bonchev–Trinajstić information content (AvgIpc) is 2.87. The van der Waals surface area contributed by atoms with Crippen molar-refractivity contribution >= 4 is 17.0 Å². The van der Waals surface area contributed by atoms with E-state index in [1.165, 1.54) is 17.4 Å². The van der Waals surface area contributed by atoms with E-state index in [9.17, 15) is 14.5 Å². The lowest BCUT2D eigenvalue weighted by atomic mass is 10.2. The highest BCUT2D eigenvalue weighted by Crippen LogP contribution is 2.33. The fraction of sp³-hybridized carbons (Fsp3) is 0.273. The summed E-state index contributed by atoms with van der Waals surface area (Å²) in [7, 11) is 0. The van der Waals surface area contributed by atoms with Gasteiger partial charge in [-0.25, -0.2) is 4.39 Å². The summed E-state index contributed by atoms with van der Waals surface area (Å²) < 4.78 is 13.1. The number of benzene rings is 1. The number of nitrogens with two attached hydrogens (primary N) is 1. The van der Waals surface area contributed by atoms with Crippen LogP contribution in [0.2, 0.25) is 0 Å². The SMILES string of the molecule is CCC(N)c1nnc(-c2ccc(F)cc2[N+](=O)[O-])s1. The first-order valence-corrected chi connectivity index (χ1v) is 6.38. The summed E-state index contributed by atoms with van der Waals surface area (Å²) in [5.41, 5.74) is 5.74. The van der Waals surface area contributed by atoms with Crippen molar-refractivity contribution < 1.29 is 9.31 Å². The van der Waals surface area contributed by atoms with Crippen LogP contribution in [0.1, 0.15) is 24.4 Å². The molecule has 19 heavy (non-hydrogen) atoms. The topological polar surface area (TPSA) is 94.9 Å². The van der Waals surface area contributed by atoms with Crippen molar-refractivity contribution in [2.24, 2.45) is 5.73 Å². The molecule has 1 aromatic carbocycles. The molecular weight excluding hydrogens is 271 g/mol. The summed E-state index contributed by atoms with van der Waals surface area (Å²) >= 11 is 1.18. The van der Waals surface area contributed by atoms with Crippen LogP contribution in [0.15, 0.2) is 18.2 Å². The van der Waals surface area contributed by atoms with Crippen molar-refractivity contribution in [2.45, 2.75) is 19.4 Å². The van der Waals surface area contributed by atoms with E-state index in [4.69, 9.17) is 5.73 Å². The lowest BCUT2D eigenvalue weighted by molar-refractivity contribution is -0.384. The van der Waals surface area contributed by atoms with Crippen LogP contribution in [0.3, 0.4) is 0 Å². The van der Waals surface area contributed by atoms with Gasteiger partial charge in [-0.3, -0.25) is 10.1 Å². The minimum absolute atomic E-state index is 0.245. The maximum Gasteiger partial charge on any atom is 0.282 e. The van der Waals surface area contributed by atoms with Crippen molar-refractivity contribution in [1.29, 1.82) is 0 Å². The minimum Gasteiger partial charge on any atom is -0.322 e. The van der Waals surface area contributed by atoms with Crippen LogP contribution in [-0.2, 0) is 0 Å². The number of rotatable bonds is 4. The maximum atomic E-state index is 13.1. The number of nitro benzene ring substituents is 1. The molecule has 1 heterocycles. The summed E-state index contributed by atoms with van der Waals surface area (Å²) in [5.74, 6) is -0.662. The van der Waals surface area contributed by atoms with Crippen molar-refractivity contribution in [3.8, 4) is 10.6 Å². The highest BCUT2D eigenvalue weighted by atomic mass is 32.1. The van der Waals surface area contributed by atoms with Crippen LogP contribution >= 0.6 is 11.3 Å². The summed E-state index contributed by atoms with van der Waals surface area (Å²) in [6.45, 7) is 1.91. The van der Waals surface area contributed by atoms with Gasteiger partial charge in [-0.2, -0.15) is 0 Å². The van der Waals surface area contributed by atoms with Gasteiger partial charge in [-0.05, 0) is 18.6 Å². The second-order valence-electron chi connectivity index (χ2n) is 3.88. The van der Waals surface area contributed by atoms with E-state index in [1.807, 2.05) is 6.92 Å². The Bertz CT molecular complexity index is 616. The fourth-order valence-electron chi connectivity index (χ4n) is 1.50. The first-order valence-electron chi connectivity index (χ1n) is 5.56. The third kappa shape index (κ3) is 2.74. The zero-order chi connectivity index (χ0) is 14.0. The Morgan fingerprint density at radius 1 is 1.53 bits per heavy atom. The van der Waals surface area contributed by atoms with E-state index < -0.39 is 10.7 Å². The molecular formula is C11H11FN4O2S. The molecule has 1 atom stereocenters. The summed E-state index contributed by atoms with van der Waals surface area (Å²) in [6, 6.07) is 3.11. The predicted octanol–water partition coefficient (Wildman–Crippen LogP) is 2.66. The van der Waals surface area contributed by atoms with Gasteiger partial charge in [0.25, 0.3) is 5.69 Å². The van der Waals surface area contributed by atoms with E-state index in [0.717, 1.165) is 12.1 Å². The molecule has 100 valence electrons. The Morgan fingerprint density at radius 2 is 2.26 bits per heavy atom. The molecule has 2 rings (SSSR count). The van der Waals surface area contributed by atoms with E-state index in [0.29, 0.717) is 16.4 Å². The number of hydrogen-bond acceptors (Lipinski definition) is 6. The second kappa shape index (κ2) is 5.37. The second-order valence-corrected chi connectivity index (χ2v) is 4.89. The van der Waals surface area contributed by atoms with E-state index in [2.05, 4.69) is 10.2 Å². The molecule has 2 N–H and O–H groups in total. The number of hydrogen-bond donors (Lipinski definition) is 1. The molecule has 2 aromatic rings. The molecule has 1 unspecified atom stereocenters. The highest BCUT2D eigenvalue weighted by Gasteiger charge is 2.21. The molecule has 0 bridgehead atoms. The average molecular weight is 282 g/mol. The molecule has 8 heteroatoms. The van der Waals surface area contributed by atoms with Gasteiger partial charge in [0.1, 0.15) is 10.8 Å². The van der Waals surface area contributed by atoms with E-state index in [-0.39, 0.29) is 17.3 Å². The van der Waals surface area contributed by atoms with E-state index >= 15 is 0 Å². The largest absolute Gasteiger partial charge is 0.322 e. The normalized spacial score (nSPS) is 12.4. The van der Waals surface area contributed by atoms with E-state index in [1.54, 1.807) is 0 Å². The molecule has 6 nitrogen and oxygen atoms in total. The van der Waals surface area contributed by atoms with Crippen LogP contribution in [0.25, 0.3) is 10.6 Å². The Morgan fingerprint density at radius 3 is 2.89 bits per heavy atom. The smallest absolute Gasteiger partial charge is 0.282 e. The Balaban J connectivity index is 2.47. The monoisotopic (exact) mass is 282 g/mol.